The molecule has 0 aromatic rings. The SMILES string of the molecule is COCCOCCOCOCCN. The Morgan fingerprint density at radius 3 is 2.15 bits per heavy atom. The molecule has 0 aromatic carbocycles. The molecule has 0 radical (unpaired) electrons. The van der Waals surface area contributed by atoms with Crippen molar-refractivity contribution in [3.05, 3.63) is 0 Å². The molecule has 5 heteroatoms. The first-order valence-corrected chi connectivity index (χ1v) is 4.34. The van der Waals surface area contributed by atoms with Crippen LogP contribution < -0.4 is 5.73 Å². The molecule has 0 aliphatic rings. The average molecular weight is 193 g/mol. The van der Waals surface area contributed by atoms with Gasteiger partial charge in [0, 0.05) is 13.7 Å². The van der Waals surface area contributed by atoms with E-state index in [1.807, 2.05) is 0 Å². The highest BCUT2D eigenvalue weighted by Crippen LogP contribution is 1.80. The van der Waals surface area contributed by atoms with Crippen molar-refractivity contribution in [1.29, 1.82) is 0 Å². The van der Waals surface area contributed by atoms with Crippen LogP contribution in [0.15, 0.2) is 0 Å². The molecule has 0 amide bonds. The van der Waals surface area contributed by atoms with E-state index in [9.17, 15) is 0 Å². The van der Waals surface area contributed by atoms with E-state index in [0.29, 0.717) is 39.6 Å². The quantitative estimate of drug-likeness (QED) is 0.378. The van der Waals surface area contributed by atoms with Crippen LogP contribution in [0.3, 0.4) is 0 Å². The van der Waals surface area contributed by atoms with Gasteiger partial charge in [0.25, 0.3) is 0 Å². The molecule has 0 unspecified atom stereocenters. The fourth-order valence-corrected chi connectivity index (χ4v) is 0.622. The standard InChI is InChI=1S/C8H19NO4/c1-10-4-5-11-6-7-13-8-12-3-2-9/h2-9H2,1H3. The van der Waals surface area contributed by atoms with Gasteiger partial charge in [0.2, 0.25) is 0 Å². The van der Waals surface area contributed by atoms with Gasteiger partial charge < -0.3 is 24.7 Å². The lowest BCUT2D eigenvalue weighted by Gasteiger charge is -2.05. The summed E-state index contributed by atoms with van der Waals surface area (Å²) in [5, 5.41) is 0. The Balaban J connectivity index is 2.76. The van der Waals surface area contributed by atoms with Crippen LogP contribution in [0.25, 0.3) is 0 Å². The summed E-state index contributed by atoms with van der Waals surface area (Å²) in [6.07, 6.45) is 0. The molecule has 0 aliphatic heterocycles. The molecule has 0 saturated carbocycles. The summed E-state index contributed by atoms with van der Waals surface area (Å²) in [6.45, 7) is 3.65. The number of hydrogen-bond donors (Lipinski definition) is 1. The highest BCUT2D eigenvalue weighted by molar-refractivity contribution is 4.30. The summed E-state index contributed by atoms with van der Waals surface area (Å²) in [5.74, 6) is 0. The second-order valence-electron chi connectivity index (χ2n) is 2.33. The lowest BCUT2D eigenvalue weighted by Crippen LogP contribution is -2.13. The van der Waals surface area contributed by atoms with E-state index >= 15 is 0 Å². The number of nitrogens with two attached hydrogens (primary N) is 1. The molecular formula is C8H19NO4. The Hall–Kier alpha value is -0.200. The Kier molecular flexibility index (Phi) is 11.6. The lowest BCUT2D eigenvalue weighted by atomic mass is 10.7. The first-order chi connectivity index (χ1) is 6.41. The monoisotopic (exact) mass is 193 g/mol. The maximum atomic E-state index is 5.21. The third-order valence-corrected chi connectivity index (χ3v) is 1.23. The highest BCUT2D eigenvalue weighted by atomic mass is 16.7. The van der Waals surface area contributed by atoms with Crippen LogP contribution >= 0.6 is 0 Å². The van der Waals surface area contributed by atoms with E-state index in [0.717, 1.165) is 0 Å². The van der Waals surface area contributed by atoms with Gasteiger partial charge in [-0.2, -0.15) is 0 Å². The van der Waals surface area contributed by atoms with Gasteiger partial charge in [-0.05, 0) is 0 Å². The van der Waals surface area contributed by atoms with Crippen molar-refractivity contribution < 1.29 is 18.9 Å². The van der Waals surface area contributed by atoms with E-state index in [-0.39, 0.29) is 6.79 Å². The van der Waals surface area contributed by atoms with Crippen LogP contribution in [0.4, 0.5) is 0 Å². The normalized spacial score (nSPS) is 10.6. The fraction of sp³-hybridized carbons (Fsp3) is 1.00. The Morgan fingerprint density at radius 2 is 1.46 bits per heavy atom. The third kappa shape index (κ3) is 11.8. The Bertz CT molecular complexity index is 82.2. The van der Waals surface area contributed by atoms with Crippen molar-refractivity contribution in [3.63, 3.8) is 0 Å². The van der Waals surface area contributed by atoms with Crippen molar-refractivity contribution in [2.45, 2.75) is 0 Å². The second kappa shape index (κ2) is 11.8. The van der Waals surface area contributed by atoms with Gasteiger partial charge in [0.15, 0.2) is 0 Å². The summed E-state index contributed by atoms with van der Waals surface area (Å²) >= 11 is 0. The molecule has 0 aliphatic carbocycles. The maximum absolute atomic E-state index is 5.21. The zero-order chi connectivity index (χ0) is 9.78. The number of rotatable bonds is 10. The van der Waals surface area contributed by atoms with Gasteiger partial charge in [-0.25, -0.2) is 0 Å². The number of ether oxygens (including phenoxy) is 4. The number of methoxy groups -OCH3 is 1. The topological polar surface area (TPSA) is 62.9 Å². The molecular weight excluding hydrogens is 174 g/mol. The van der Waals surface area contributed by atoms with E-state index in [1.54, 1.807) is 7.11 Å². The van der Waals surface area contributed by atoms with Gasteiger partial charge in [-0.1, -0.05) is 0 Å². The fourth-order valence-electron chi connectivity index (χ4n) is 0.622. The highest BCUT2D eigenvalue weighted by Gasteiger charge is 1.89. The van der Waals surface area contributed by atoms with Gasteiger partial charge in [-0.15, -0.1) is 0 Å². The average Bonchev–Trinajstić information content (AvgIpc) is 2.16. The first kappa shape index (κ1) is 12.8. The number of hydrogen-bond acceptors (Lipinski definition) is 5. The predicted molar refractivity (Wildman–Crippen MR) is 48.5 cm³/mol. The first-order valence-electron chi connectivity index (χ1n) is 4.34. The van der Waals surface area contributed by atoms with Crippen LogP contribution in [0.2, 0.25) is 0 Å². The molecule has 0 fully saturated rings. The van der Waals surface area contributed by atoms with Crippen molar-refractivity contribution in [3.8, 4) is 0 Å². The van der Waals surface area contributed by atoms with Crippen LogP contribution in [-0.4, -0.2) is 53.5 Å². The van der Waals surface area contributed by atoms with E-state index in [2.05, 4.69) is 0 Å². The molecule has 0 spiro atoms. The van der Waals surface area contributed by atoms with Gasteiger partial charge in [-0.3, -0.25) is 0 Å². The summed E-state index contributed by atoms with van der Waals surface area (Å²) in [4.78, 5) is 0. The largest absolute Gasteiger partial charge is 0.382 e. The summed E-state index contributed by atoms with van der Waals surface area (Å²) < 4.78 is 20.0. The smallest absolute Gasteiger partial charge is 0.146 e. The Morgan fingerprint density at radius 1 is 0.846 bits per heavy atom. The van der Waals surface area contributed by atoms with Gasteiger partial charge in [0.1, 0.15) is 6.79 Å². The minimum absolute atomic E-state index is 0.283. The van der Waals surface area contributed by atoms with E-state index in [4.69, 9.17) is 24.7 Å². The minimum atomic E-state index is 0.283. The maximum Gasteiger partial charge on any atom is 0.146 e. The van der Waals surface area contributed by atoms with Crippen LogP contribution in [0, 0.1) is 0 Å². The second-order valence-corrected chi connectivity index (χ2v) is 2.33. The van der Waals surface area contributed by atoms with E-state index in [1.165, 1.54) is 0 Å². The van der Waals surface area contributed by atoms with E-state index < -0.39 is 0 Å². The van der Waals surface area contributed by atoms with Gasteiger partial charge in [0.05, 0.1) is 33.0 Å². The molecule has 0 heterocycles. The molecule has 80 valence electrons. The minimum Gasteiger partial charge on any atom is -0.382 e. The molecule has 0 bridgehead atoms. The zero-order valence-corrected chi connectivity index (χ0v) is 8.16. The third-order valence-electron chi connectivity index (χ3n) is 1.23. The van der Waals surface area contributed by atoms with Crippen LogP contribution in [0.1, 0.15) is 0 Å². The summed E-state index contributed by atoms with van der Waals surface area (Å²) in [7, 11) is 1.64. The molecule has 0 atom stereocenters. The van der Waals surface area contributed by atoms with Crippen molar-refractivity contribution in [1.82, 2.24) is 0 Å². The molecule has 2 N–H and O–H groups in total. The zero-order valence-electron chi connectivity index (χ0n) is 8.16. The van der Waals surface area contributed by atoms with Crippen LogP contribution in [0.5, 0.6) is 0 Å². The molecule has 5 nitrogen and oxygen atoms in total. The van der Waals surface area contributed by atoms with Crippen molar-refractivity contribution in [2.24, 2.45) is 5.73 Å². The Labute approximate surface area is 79.1 Å². The summed E-state index contributed by atoms with van der Waals surface area (Å²) in [6, 6.07) is 0. The predicted octanol–water partition coefficient (Wildman–Crippen LogP) is -0.401. The van der Waals surface area contributed by atoms with Gasteiger partial charge >= 0.3 is 0 Å². The summed E-state index contributed by atoms with van der Waals surface area (Å²) in [5.41, 5.74) is 5.21. The van der Waals surface area contributed by atoms with Crippen molar-refractivity contribution >= 4 is 0 Å². The molecule has 0 aromatic heterocycles. The lowest BCUT2D eigenvalue weighted by molar-refractivity contribution is -0.0694. The molecule has 0 rings (SSSR count). The molecule has 0 saturated heterocycles. The van der Waals surface area contributed by atoms with Crippen molar-refractivity contribution in [2.75, 3.05) is 53.5 Å². The van der Waals surface area contributed by atoms with Crippen LogP contribution in [-0.2, 0) is 18.9 Å². The molecule has 13 heavy (non-hydrogen) atoms.